The lowest BCUT2D eigenvalue weighted by Gasteiger charge is -2.30. The van der Waals surface area contributed by atoms with Gasteiger partial charge >= 0.3 is 5.97 Å². The Kier molecular flexibility index (Phi) is 5.28. The SMILES string of the molecule is Cc1ccc(SCC(=O)N2CCC(C(=O)O)CC2)c(C)c1. The molecule has 0 aliphatic carbocycles. The molecule has 21 heavy (non-hydrogen) atoms. The first-order valence-electron chi connectivity index (χ1n) is 7.18. The van der Waals surface area contributed by atoms with Gasteiger partial charge in [-0.15, -0.1) is 11.8 Å². The maximum atomic E-state index is 12.2. The van der Waals surface area contributed by atoms with Crippen LogP contribution in [0.1, 0.15) is 24.0 Å². The van der Waals surface area contributed by atoms with Crippen molar-refractivity contribution in [3.63, 3.8) is 0 Å². The fraction of sp³-hybridized carbons (Fsp3) is 0.500. The molecule has 4 nitrogen and oxygen atoms in total. The molecule has 0 bridgehead atoms. The van der Waals surface area contributed by atoms with Gasteiger partial charge in [-0.2, -0.15) is 0 Å². The number of aryl methyl sites for hydroxylation is 2. The minimum atomic E-state index is -0.744. The van der Waals surface area contributed by atoms with Crippen molar-refractivity contribution >= 4 is 23.6 Å². The first kappa shape index (κ1) is 15.9. The molecule has 1 heterocycles. The number of piperidine rings is 1. The number of hydrogen-bond donors (Lipinski definition) is 1. The highest BCUT2D eigenvalue weighted by molar-refractivity contribution is 8.00. The summed E-state index contributed by atoms with van der Waals surface area (Å²) in [6.07, 6.45) is 1.13. The van der Waals surface area contributed by atoms with Gasteiger partial charge in [0, 0.05) is 18.0 Å². The third-order valence-corrected chi connectivity index (χ3v) is 5.04. The third kappa shape index (κ3) is 4.24. The molecule has 1 fully saturated rings. The van der Waals surface area contributed by atoms with Crippen LogP contribution < -0.4 is 0 Å². The Labute approximate surface area is 129 Å². The number of thioether (sulfide) groups is 1. The molecule has 1 aromatic carbocycles. The first-order chi connectivity index (χ1) is 9.97. The summed E-state index contributed by atoms with van der Waals surface area (Å²) in [5, 5.41) is 8.96. The maximum absolute atomic E-state index is 12.2. The second kappa shape index (κ2) is 6.98. The van der Waals surface area contributed by atoms with E-state index in [0.717, 1.165) is 4.90 Å². The lowest BCUT2D eigenvalue weighted by atomic mass is 9.97. The van der Waals surface area contributed by atoms with E-state index in [2.05, 4.69) is 32.0 Å². The van der Waals surface area contributed by atoms with E-state index in [-0.39, 0.29) is 11.8 Å². The van der Waals surface area contributed by atoms with Crippen molar-refractivity contribution in [3.05, 3.63) is 29.3 Å². The van der Waals surface area contributed by atoms with Gasteiger partial charge in [0.25, 0.3) is 0 Å². The van der Waals surface area contributed by atoms with Crippen molar-refractivity contribution < 1.29 is 14.7 Å². The average molecular weight is 307 g/mol. The van der Waals surface area contributed by atoms with Crippen molar-refractivity contribution in [1.82, 2.24) is 4.90 Å². The van der Waals surface area contributed by atoms with Crippen molar-refractivity contribution in [2.75, 3.05) is 18.8 Å². The quantitative estimate of drug-likeness (QED) is 0.869. The van der Waals surface area contributed by atoms with Gasteiger partial charge < -0.3 is 10.0 Å². The van der Waals surface area contributed by atoms with Crippen LogP contribution in [0.5, 0.6) is 0 Å². The molecule has 0 radical (unpaired) electrons. The second-order valence-corrected chi connectivity index (χ2v) is 6.57. The zero-order chi connectivity index (χ0) is 15.4. The van der Waals surface area contributed by atoms with Crippen LogP contribution in [0, 0.1) is 19.8 Å². The molecule has 1 N–H and O–H groups in total. The normalized spacial score (nSPS) is 16.0. The van der Waals surface area contributed by atoms with Crippen LogP contribution in [0.2, 0.25) is 0 Å². The lowest BCUT2D eigenvalue weighted by Crippen LogP contribution is -2.41. The Bertz CT molecular complexity index is 536. The van der Waals surface area contributed by atoms with Crippen molar-refractivity contribution in [1.29, 1.82) is 0 Å². The fourth-order valence-corrected chi connectivity index (χ4v) is 3.48. The van der Waals surface area contributed by atoms with Gasteiger partial charge in [-0.05, 0) is 38.3 Å². The molecule has 1 aromatic rings. The maximum Gasteiger partial charge on any atom is 0.306 e. The Morgan fingerprint density at radius 2 is 1.95 bits per heavy atom. The van der Waals surface area contributed by atoms with Crippen LogP contribution in [0.3, 0.4) is 0 Å². The Balaban J connectivity index is 1.84. The summed E-state index contributed by atoms with van der Waals surface area (Å²) in [6, 6.07) is 6.22. The van der Waals surface area contributed by atoms with Crippen LogP contribution >= 0.6 is 11.8 Å². The molecule has 0 unspecified atom stereocenters. The topological polar surface area (TPSA) is 57.6 Å². The predicted molar refractivity (Wildman–Crippen MR) is 83.6 cm³/mol. The van der Waals surface area contributed by atoms with Crippen LogP contribution in [-0.2, 0) is 9.59 Å². The minimum Gasteiger partial charge on any atom is -0.481 e. The number of carbonyl (C=O) groups is 2. The zero-order valence-electron chi connectivity index (χ0n) is 12.5. The Hall–Kier alpha value is -1.49. The zero-order valence-corrected chi connectivity index (χ0v) is 13.3. The standard InChI is InChI=1S/C16H21NO3S/c1-11-3-4-14(12(2)9-11)21-10-15(18)17-7-5-13(6-8-17)16(19)20/h3-4,9,13H,5-8,10H2,1-2H3,(H,19,20). The number of hydrogen-bond acceptors (Lipinski definition) is 3. The van der Waals surface area contributed by atoms with E-state index in [4.69, 9.17) is 5.11 Å². The largest absolute Gasteiger partial charge is 0.481 e. The molecule has 1 aliphatic rings. The fourth-order valence-electron chi connectivity index (χ4n) is 2.57. The predicted octanol–water partition coefficient (Wildman–Crippen LogP) is 2.72. The van der Waals surface area contributed by atoms with E-state index in [1.165, 1.54) is 11.1 Å². The minimum absolute atomic E-state index is 0.101. The molecule has 5 heteroatoms. The van der Waals surface area contributed by atoms with Crippen LogP contribution in [-0.4, -0.2) is 40.7 Å². The van der Waals surface area contributed by atoms with E-state index >= 15 is 0 Å². The summed E-state index contributed by atoms with van der Waals surface area (Å²) in [4.78, 5) is 26.0. The number of rotatable bonds is 4. The number of carboxylic acid groups (broad SMARTS) is 1. The van der Waals surface area contributed by atoms with Gasteiger partial charge in [-0.1, -0.05) is 17.7 Å². The van der Waals surface area contributed by atoms with E-state index in [1.807, 2.05) is 0 Å². The summed E-state index contributed by atoms with van der Waals surface area (Å²) in [5.41, 5.74) is 2.41. The third-order valence-electron chi connectivity index (χ3n) is 3.88. The molecule has 0 aromatic heterocycles. The number of carbonyl (C=O) groups excluding carboxylic acids is 1. The van der Waals surface area contributed by atoms with Crippen molar-refractivity contribution in [3.8, 4) is 0 Å². The summed E-state index contributed by atoms with van der Waals surface area (Å²) in [7, 11) is 0. The van der Waals surface area contributed by atoms with E-state index in [9.17, 15) is 9.59 Å². The number of likely N-dealkylation sites (tertiary alicyclic amines) is 1. The van der Waals surface area contributed by atoms with Crippen LogP contribution in [0.4, 0.5) is 0 Å². The van der Waals surface area contributed by atoms with E-state index in [0.29, 0.717) is 31.7 Å². The van der Waals surface area contributed by atoms with E-state index in [1.54, 1.807) is 16.7 Å². The van der Waals surface area contributed by atoms with Gasteiger partial charge in [0.15, 0.2) is 0 Å². The molecule has 0 spiro atoms. The summed E-state index contributed by atoms with van der Waals surface area (Å²) in [6.45, 7) is 5.23. The van der Waals surface area contributed by atoms with Crippen molar-refractivity contribution in [2.45, 2.75) is 31.6 Å². The number of amides is 1. The summed E-state index contributed by atoms with van der Waals surface area (Å²) < 4.78 is 0. The molecule has 0 atom stereocenters. The second-order valence-electron chi connectivity index (χ2n) is 5.55. The Morgan fingerprint density at radius 1 is 1.29 bits per heavy atom. The van der Waals surface area contributed by atoms with Crippen LogP contribution in [0.15, 0.2) is 23.1 Å². The van der Waals surface area contributed by atoms with Crippen molar-refractivity contribution in [2.24, 2.45) is 5.92 Å². The molecular weight excluding hydrogens is 286 g/mol. The van der Waals surface area contributed by atoms with Gasteiger partial charge in [0.2, 0.25) is 5.91 Å². The van der Waals surface area contributed by atoms with Gasteiger partial charge in [0.05, 0.1) is 11.7 Å². The number of carboxylic acids is 1. The van der Waals surface area contributed by atoms with Gasteiger partial charge in [-0.3, -0.25) is 9.59 Å². The van der Waals surface area contributed by atoms with E-state index < -0.39 is 5.97 Å². The highest BCUT2D eigenvalue weighted by Gasteiger charge is 2.26. The number of benzene rings is 1. The molecule has 114 valence electrons. The average Bonchev–Trinajstić information content (AvgIpc) is 2.46. The monoisotopic (exact) mass is 307 g/mol. The molecular formula is C16H21NO3S. The smallest absolute Gasteiger partial charge is 0.306 e. The summed E-state index contributed by atoms with van der Waals surface area (Å²) in [5.74, 6) is -0.515. The van der Waals surface area contributed by atoms with Crippen LogP contribution in [0.25, 0.3) is 0 Å². The molecule has 2 rings (SSSR count). The lowest BCUT2D eigenvalue weighted by molar-refractivity contribution is -0.145. The van der Waals surface area contributed by atoms with Gasteiger partial charge in [-0.25, -0.2) is 0 Å². The number of nitrogens with zero attached hydrogens (tertiary/aromatic N) is 1. The Morgan fingerprint density at radius 3 is 2.52 bits per heavy atom. The molecule has 1 aliphatic heterocycles. The van der Waals surface area contributed by atoms with Gasteiger partial charge in [0.1, 0.15) is 0 Å². The highest BCUT2D eigenvalue weighted by Crippen LogP contribution is 2.24. The molecule has 0 saturated carbocycles. The molecule has 1 saturated heterocycles. The summed E-state index contributed by atoms with van der Waals surface area (Å²) >= 11 is 1.56. The first-order valence-corrected chi connectivity index (χ1v) is 8.16. The number of aliphatic carboxylic acids is 1. The highest BCUT2D eigenvalue weighted by atomic mass is 32.2. The molecule has 1 amide bonds.